The molecule has 1 atom stereocenters. The Kier molecular flexibility index (Phi) is 6.56. The summed E-state index contributed by atoms with van der Waals surface area (Å²) >= 11 is 1.37. The van der Waals surface area contributed by atoms with Crippen molar-refractivity contribution >= 4 is 17.7 Å². The lowest BCUT2D eigenvalue weighted by atomic mass is 9.83. The first-order valence-electron chi connectivity index (χ1n) is 10.6. The van der Waals surface area contributed by atoms with Crippen molar-refractivity contribution < 1.29 is 4.79 Å². The summed E-state index contributed by atoms with van der Waals surface area (Å²) < 4.78 is 1.92. The summed E-state index contributed by atoms with van der Waals surface area (Å²) in [4.78, 5) is 12.8. The minimum absolute atomic E-state index is 0.0986. The fourth-order valence-corrected chi connectivity index (χ4v) is 4.57. The van der Waals surface area contributed by atoms with Crippen molar-refractivity contribution in [3.05, 3.63) is 29.8 Å². The second kappa shape index (κ2) is 8.81. The average molecular weight is 426 g/mol. The highest BCUT2D eigenvalue weighted by Crippen LogP contribution is 2.30. The Bertz CT molecular complexity index is 930. The predicted molar refractivity (Wildman–Crippen MR) is 120 cm³/mol. The molecule has 3 rings (SSSR count). The van der Waals surface area contributed by atoms with E-state index in [9.17, 15) is 10.1 Å². The zero-order chi connectivity index (χ0) is 21.9. The highest BCUT2D eigenvalue weighted by molar-refractivity contribution is 8.00. The molecule has 1 aliphatic rings. The molecule has 1 aliphatic carbocycles. The third-order valence-electron chi connectivity index (χ3n) is 5.78. The van der Waals surface area contributed by atoms with E-state index in [-0.39, 0.29) is 16.6 Å². The molecule has 7 heteroatoms. The minimum Gasteiger partial charge on any atom is -0.337 e. The van der Waals surface area contributed by atoms with E-state index in [0.717, 1.165) is 43.5 Å². The van der Waals surface area contributed by atoms with Gasteiger partial charge in [0.2, 0.25) is 5.91 Å². The first-order valence-corrected chi connectivity index (χ1v) is 11.4. The number of benzene rings is 1. The number of amides is 1. The van der Waals surface area contributed by atoms with Crippen LogP contribution >= 0.6 is 11.8 Å². The predicted octanol–water partition coefficient (Wildman–Crippen LogP) is 4.60. The second-order valence-electron chi connectivity index (χ2n) is 9.20. The zero-order valence-electron chi connectivity index (χ0n) is 18.5. The van der Waals surface area contributed by atoms with Crippen molar-refractivity contribution in [1.29, 1.82) is 5.26 Å². The quantitative estimate of drug-likeness (QED) is 0.708. The van der Waals surface area contributed by atoms with Gasteiger partial charge in [-0.2, -0.15) is 5.26 Å². The Morgan fingerprint density at radius 1 is 1.20 bits per heavy atom. The molecule has 0 spiro atoms. The maximum absolute atomic E-state index is 12.8. The van der Waals surface area contributed by atoms with Gasteiger partial charge < -0.3 is 9.88 Å². The van der Waals surface area contributed by atoms with Gasteiger partial charge in [-0.3, -0.25) is 4.79 Å². The Hall–Kier alpha value is -2.33. The lowest BCUT2D eigenvalue weighted by Gasteiger charge is -2.32. The number of carbonyl (C=O) groups is 1. The summed E-state index contributed by atoms with van der Waals surface area (Å²) in [7, 11) is 1.91. The summed E-state index contributed by atoms with van der Waals surface area (Å²) in [5, 5.41) is 21.6. The van der Waals surface area contributed by atoms with Crippen LogP contribution in [0, 0.1) is 11.3 Å². The van der Waals surface area contributed by atoms with E-state index >= 15 is 0 Å². The molecule has 1 N–H and O–H groups in total. The van der Waals surface area contributed by atoms with Crippen molar-refractivity contribution in [1.82, 2.24) is 20.1 Å². The smallest absolute Gasteiger partial charge is 0.234 e. The van der Waals surface area contributed by atoms with Gasteiger partial charge in [0, 0.05) is 12.6 Å². The Morgan fingerprint density at radius 3 is 2.40 bits per heavy atom. The summed E-state index contributed by atoms with van der Waals surface area (Å²) in [6.07, 6.45) is 4.55. The molecule has 0 saturated heterocycles. The molecule has 1 heterocycles. The van der Waals surface area contributed by atoms with E-state index in [4.69, 9.17) is 0 Å². The number of carbonyl (C=O) groups excluding carboxylic acids is 1. The normalized spacial score (nSPS) is 17.2. The monoisotopic (exact) mass is 425 g/mol. The molecule has 0 bridgehead atoms. The first kappa shape index (κ1) is 22.4. The van der Waals surface area contributed by atoms with Gasteiger partial charge in [0.05, 0.1) is 11.3 Å². The van der Waals surface area contributed by atoms with Crippen LogP contribution < -0.4 is 5.32 Å². The number of aromatic nitrogens is 3. The van der Waals surface area contributed by atoms with Crippen molar-refractivity contribution in [3.8, 4) is 17.5 Å². The lowest BCUT2D eigenvalue weighted by molar-refractivity contribution is -0.121. The highest BCUT2D eigenvalue weighted by atomic mass is 32.2. The van der Waals surface area contributed by atoms with Crippen LogP contribution in [0.4, 0.5) is 0 Å². The van der Waals surface area contributed by atoms with Crippen LogP contribution in [0.15, 0.2) is 29.4 Å². The highest BCUT2D eigenvalue weighted by Gasteiger charge is 2.35. The van der Waals surface area contributed by atoms with Gasteiger partial charge in [-0.15, -0.1) is 10.2 Å². The van der Waals surface area contributed by atoms with Gasteiger partial charge in [0.25, 0.3) is 0 Å². The molecule has 30 heavy (non-hydrogen) atoms. The molecule has 1 aromatic heterocycles. The molecule has 0 aliphatic heterocycles. The molecule has 2 aromatic rings. The minimum atomic E-state index is -0.718. The average Bonchev–Trinajstić information content (AvgIpc) is 3.08. The molecule has 1 amide bonds. The number of hydrogen-bond donors (Lipinski definition) is 1. The second-order valence-corrected chi connectivity index (χ2v) is 10.5. The van der Waals surface area contributed by atoms with Crippen molar-refractivity contribution in [3.63, 3.8) is 0 Å². The summed E-state index contributed by atoms with van der Waals surface area (Å²) in [5.74, 6) is 0.647. The van der Waals surface area contributed by atoms with E-state index in [1.165, 1.54) is 17.3 Å². The lowest BCUT2D eigenvalue weighted by Crippen LogP contribution is -2.50. The molecule has 0 radical (unpaired) electrons. The molecule has 6 nitrogen and oxygen atoms in total. The number of nitrogens with one attached hydrogen (secondary N) is 1. The number of hydrogen-bond acceptors (Lipinski definition) is 5. The van der Waals surface area contributed by atoms with Gasteiger partial charge in [0.15, 0.2) is 11.0 Å². The van der Waals surface area contributed by atoms with Gasteiger partial charge in [-0.05, 0) is 30.7 Å². The Balaban J connectivity index is 1.70. The fourth-order valence-electron chi connectivity index (χ4n) is 3.76. The summed E-state index contributed by atoms with van der Waals surface area (Å²) in [6, 6.07) is 10.7. The van der Waals surface area contributed by atoms with Crippen LogP contribution in [0.2, 0.25) is 0 Å². The van der Waals surface area contributed by atoms with E-state index in [2.05, 4.69) is 66.6 Å². The third-order valence-corrected chi connectivity index (χ3v) is 6.91. The molecule has 0 unspecified atom stereocenters. The van der Waals surface area contributed by atoms with Crippen LogP contribution in [0.5, 0.6) is 0 Å². The van der Waals surface area contributed by atoms with E-state index in [1.807, 2.05) is 18.5 Å². The molecule has 1 saturated carbocycles. The maximum atomic E-state index is 12.8. The standard InChI is InChI=1S/C23H31N5OS/c1-16(20(29)25-23(15-24)13-7-6-8-14-23)30-21-27-26-19(28(21)5)17-9-11-18(12-10-17)22(2,3)4/h9-12,16H,6-8,13-14H2,1-5H3,(H,25,29)/t16-/m1/s1. The molecule has 1 aromatic carbocycles. The first-order chi connectivity index (χ1) is 14.1. The van der Waals surface area contributed by atoms with Gasteiger partial charge in [0.1, 0.15) is 5.54 Å². The zero-order valence-corrected chi connectivity index (χ0v) is 19.3. The number of thioether (sulfide) groups is 1. The fraction of sp³-hybridized carbons (Fsp3) is 0.565. The number of rotatable bonds is 5. The van der Waals surface area contributed by atoms with E-state index in [1.54, 1.807) is 0 Å². The topological polar surface area (TPSA) is 83.6 Å². The van der Waals surface area contributed by atoms with Crippen molar-refractivity contribution in [2.24, 2.45) is 7.05 Å². The van der Waals surface area contributed by atoms with E-state index in [0.29, 0.717) is 5.16 Å². The van der Waals surface area contributed by atoms with Gasteiger partial charge in [-0.1, -0.05) is 76.1 Å². The van der Waals surface area contributed by atoms with Gasteiger partial charge >= 0.3 is 0 Å². The largest absolute Gasteiger partial charge is 0.337 e. The Morgan fingerprint density at radius 2 is 1.83 bits per heavy atom. The molecule has 1 fully saturated rings. The third kappa shape index (κ3) is 4.86. The molecular weight excluding hydrogens is 394 g/mol. The van der Waals surface area contributed by atoms with Crippen LogP contribution in [0.3, 0.4) is 0 Å². The van der Waals surface area contributed by atoms with Crippen LogP contribution in [-0.4, -0.2) is 31.5 Å². The van der Waals surface area contributed by atoms with Gasteiger partial charge in [-0.25, -0.2) is 0 Å². The van der Waals surface area contributed by atoms with Crippen LogP contribution in [-0.2, 0) is 17.3 Å². The van der Waals surface area contributed by atoms with Crippen LogP contribution in [0.25, 0.3) is 11.4 Å². The molecular formula is C23H31N5OS. The maximum Gasteiger partial charge on any atom is 0.234 e. The molecule has 160 valence electrons. The number of nitrogens with zero attached hydrogens (tertiary/aromatic N) is 4. The van der Waals surface area contributed by atoms with E-state index < -0.39 is 5.54 Å². The SMILES string of the molecule is C[C@@H](Sc1nnc(-c2ccc(C(C)(C)C)cc2)n1C)C(=O)NC1(C#N)CCCCC1. The van der Waals surface area contributed by atoms with Crippen molar-refractivity contribution in [2.75, 3.05) is 0 Å². The van der Waals surface area contributed by atoms with Crippen molar-refractivity contribution in [2.45, 2.75) is 81.2 Å². The number of nitriles is 1. The van der Waals surface area contributed by atoms with Crippen LogP contribution in [0.1, 0.15) is 65.4 Å². The summed E-state index contributed by atoms with van der Waals surface area (Å²) in [6.45, 7) is 8.42. The Labute approximate surface area is 183 Å². The summed E-state index contributed by atoms with van der Waals surface area (Å²) in [5.41, 5.74) is 1.64.